The predicted molar refractivity (Wildman–Crippen MR) is 75.8 cm³/mol. The van der Waals surface area contributed by atoms with Crippen molar-refractivity contribution in [3.8, 4) is 11.5 Å². The summed E-state index contributed by atoms with van der Waals surface area (Å²) in [5.41, 5.74) is 0.376. The molecule has 0 N–H and O–H groups in total. The van der Waals surface area contributed by atoms with Gasteiger partial charge in [0.1, 0.15) is 17.9 Å². The highest BCUT2D eigenvalue weighted by Gasteiger charge is 2.24. The van der Waals surface area contributed by atoms with Crippen LogP contribution in [0.5, 0.6) is 11.5 Å². The van der Waals surface area contributed by atoms with Crippen molar-refractivity contribution in [3.63, 3.8) is 0 Å². The summed E-state index contributed by atoms with van der Waals surface area (Å²) in [5.74, 6) is 0.176. The van der Waals surface area contributed by atoms with Crippen LogP contribution in [0.2, 0.25) is 0 Å². The number of methoxy groups -OCH3 is 1. The molecule has 0 saturated heterocycles. The van der Waals surface area contributed by atoms with E-state index in [4.69, 9.17) is 9.47 Å². The van der Waals surface area contributed by atoms with E-state index in [1.165, 1.54) is 19.2 Å². The van der Waals surface area contributed by atoms with Crippen molar-refractivity contribution in [2.45, 2.75) is 6.61 Å². The molecule has 2 aromatic carbocycles. The highest BCUT2D eigenvalue weighted by atomic mass is 16.6. The molecule has 6 heteroatoms. The van der Waals surface area contributed by atoms with E-state index in [0.717, 1.165) is 5.56 Å². The molecule has 0 fully saturated rings. The standard InChI is InChI=1S/C15H13NO5/c1-20-14-8-7-13(12(9-17)15(14)16(18)19)21-10-11-5-3-2-4-6-11/h2-9H,10H2,1H3. The minimum Gasteiger partial charge on any atom is -0.490 e. The van der Waals surface area contributed by atoms with E-state index in [9.17, 15) is 14.9 Å². The van der Waals surface area contributed by atoms with Gasteiger partial charge in [0.15, 0.2) is 12.0 Å². The molecule has 21 heavy (non-hydrogen) atoms. The zero-order chi connectivity index (χ0) is 15.2. The Labute approximate surface area is 121 Å². The van der Waals surface area contributed by atoms with Gasteiger partial charge < -0.3 is 9.47 Å². The van der Waals surface area contributed by atoms with Crippen molar-refractivity contribution in [2.75, 3.05) is 7.11 Å². The van der Waals surface area contributed by atoms with Gasteiger partial charge in [0, 0.05) is 0 Å². The minimum atomic E-state index is -0.655. The van der Waals surface area contributed by atoms with Crippen LogP contribution in [0.4, 0.5) is 5.69 Å². The molecule has 0 aliphatic carbocycles. The lowest BCUT2D eigenvalue weighted by Crippen LogP contribution is -2.03. The van der Waals surface area contributed by atoms with E-state index in [0.29, 0.717) is 6.29 Å². The molecule has 0 aromatic heterocycles. The Hall–Kier alpha value is -2.89. The normalized spacial score (nSPS) is 9.95. The molecular weight excluding hydrogens is 274 g/mol. The molecule has 108 valence electrons. The number of nitrogens with zero attached hydrogens (tertiary/aromatic N) is 1. The summed E-state index contributed by atoms with van der Waals surface area (Å²) >= 11 is 0. The Morgan fingerprint density at radius 2 is 1.81 bits per heavy atom. The monoisotopic (exact) mass is 287 g/mol. The molecule has 0 saturated carbocycles. The van der Waals surface area contributed by atoms with Gasteiger partial charge in [-0.3, -0.25) is 14.9 Å². The quantitative estimate of drug-likeness (QED) is 0.463. The molecule has 0 amide bonds. The number of carbonyl (C=O) groups is 1. The molecule has 2 aromatic rings. The molecule has 0 spiro atoms. The zero-order valence-corrected chi connectivity index (χ0v) is 11.3. The van der Waals surface area contributed by atoms with Crippen molar-refractivity contribution in [2.24, 2.45) is 0 Å². The van der Waals surface area contributed by atoms with E-state index in [2.05, 4.69) is 0 Å². The van der Waals surface area contributed by atoms with Crippen molar-refractivity contribution in [1.29, 1.82) is 0 Å². The van der Waals surface area contributed by atoms with Gasteiger partial charge in [-0.1, -0.05) is 30.3 Å². The first-order valence-electron chi connectivity index (χ1n) is 6.14. The van der Waals surface area contributed by atoms with Crippen molar-refractivity contribution >= 4 is 12.0 Å². The third-order valence-corrected chi connectivity index (χ3v) is 2.90. The summed E-state index contributed by atoms with van der Waals surface area (Å²) in [7, 11) is 1.31. The summed E-state index contributed by atoms with van der Waals surface area (Å²) in [6.45, 7) is 0.213. The smallest absolute Gasteiger partial charge is 0.325 e. The van der Waals surface area contributed by atoms with E-state index >= 15 is 0 Å². The van der Waals surface area contributed by atoms with Gasteiger partial charge in [0.2, 0.25) is 0 Å². The van der Waals surface area contributed by atoms with Gasteiger partial charge in [-0.25, -0.2) is 0 Å². The molecule has 6 nitrogen and oxygen atoms in total. The van der Waals surface area contributed by atoms with Gasteiger partial charge in [-0.05, 0) is 17.7 Å². The highest BCUT2D eigenvalue weighted by molar-refractivity contribution is 5.87. The number of aldehydes is 1. The highest BCUT2D eigenvalue weighted by Crippen LogP contribution is 2.36. The van der Waals surface area contributed by atoms with Crippen molar-refractivity contribution in [1.82, 2.24) is 0 Å². The number of carbonyl (C=O) groups excluding carboxylic acids is 1. The first-order chi connectivity index (χ1) is 10.2. The molecular formula is C15H13NO5. The van der Waals surface area contributed by atoms with Gasteiger partial charge in [-0.15, -0.1) is 0 Å². The van der Waals surface area contributed by atoms with Crippen molar-refractivity contribution < 1.29 is 19.2 Å². The summed E-state index contributed by atoms with van der Waals surface area (Å²) in [6, 6.07) is 12.2. The molecule has 0 aliphatic heterocycles. The zero-order valence-electron chi connectivity index (χ0n) is 11.3. The van der Waals surface area contributed by atoms with Gasteiger partial charge in [0.05, 0.1) is 12.0 Å². The van der Waals surface area contributed by atoms with Crippen LogP contribution < -0.4 is 9.47 Å². The first-order valence-corrected chi connectivity index (χ1v) is 6.14. The van der Waals surface area contributed by atoms with E-state index in [-0.39, 0.29) is 23.7 Å². The predicted octanol–water partition coefficient (Wildman–Crippen LogP) is 2.99. The maximum Gasteiger partial charge on any atom is 0.325 e. The lowest BCUT2D eigenvalue weighted by atomic mass is 10.1. The van der Waals surface area contributed by atoms with Crippen LogP contribution in [0.25, 0.3) is 0 Å². The molecule has 0 bridgehead atoms. The molecule has 0 aliphatic rings. The second kappa shape index (κ2) is 6.51. The van der Waals surface area contributed by atoms with Gasteiger partial charge >= 0.3 is 5.69 Å². The third-order valence-electron chi connectivity index (χ3n) is 2.90. The number of nitro groups is 1. The lowest BCUT2D eigenvalue weighted by Gasteiger charge is -2.10. The Morgan fingerprint density at radius 1 is 1.14 bits per heavy atom. The minimum absolute atomic E-state index is 0.0224. The van der Waals surface area contributed by atoms with Gasteiger partial charge in [-0.2, -0.15) is 0 Å². The number of rotatable bonds is 6. The van der Waals surface area contributed by atoms with Crippen molar-refractivity contribution in [3.05, 3.63) is 63.7 Å². The second-order valence-electron chi connectivity index (χ2n) is 4.18. The SMILES string of the molecule is COc1ccc(OCc2ccccc2)c(C=O)c1[N+](=O)[O-]. The van der Waals surface area contributed by atoms with Crippen LogP contribution in [-0.2, 0) is 6.61 Å². The Balaban J connectivity index is 2.33. The summed E-state index contributed by atoms with van der Waals surface area (Å²) < 4.78 is 10.4. The Morgan fingerprint density at radius 3 is 2.38 bits per heavy atom. The van der Waals surface area contributed by atoms with Gasteiger partial charge in [0.25, 0.3) is 0 Å². The fourth-order valence-corrected chi connectivity index (χ4v) is 1.90. The fourth-order valence-electron chi connectivity index (χ4n) is 1.90. The average Bonchev–Trinajstić information content (AvgIpc) is 2.52. The summed E-state index contributed by atoms with van der Waals surface area (Å²) in [4.78, 5) is 21.6. The average molecular weight is 287 g/mol. The Kier molecular flexibility index (Phi) is 4.50. The number of nitro benzene ring substituents is 1. The molecule has 2 rings (SSSR count). The number of benzene rings is 2. The molecule has 0 atom stereocenters. The van der Waals surface area contributed by atoms with E-state index in [1.807, 2.05) is 30.3 Å². The Bertz CT molecular complexity index is 655. The van der Waals surface area contributed by atoms with Crippen LogP contribution in [0, 0.1) is 10.1 Å². The molecule has 0 radical (unpaired) electrons. The third kappa shape index (κ3) is 3.17. The van der Waals surface area contributed by atoms with Crippen LogP contribution in [0.15, 0.2) is 42.5 Å². The van der Waals surface area contributed by atoms with Crippen LogP contribution in [-0.4, -0.2) is 18.3 Å². The second-order valence-corrected chi connectivity index (χ2v) is 4.18. The number of hydrogen-bond acceptors (Lipinski definition) is 5. The first kappa shape index (κ1) is 14.5. The maximum absolute atomic E-state index is 11.2. The fraction of sp³-hybridized carbons (Fsp3) is 0.133. The number of hydrogen-bond donors (Lipinski definition) is 0. The van der Waals surface area contributed by atoms with Crippen LogP contribution >= 0.6 is 0 Å². The van der Waals surface area contributed by atoms with E-state index < -0.39 is 10.6 Å². The molecule has 0 unspecified atom stereocenters. The maximum atomic E-state index is 11.2. The van der Waals surface area contributed by atoms with Crippen LogP contribution in [0.3, 0.4) is 0 Å². The number of ether oxygens (including phenoxy) is 2. The lowest BCUT2D eigenvalue weighted by molar-refractivity contribution is -0.386. The van der Waals surface area contributed by atoms with E-state index in [1.54, 1.807) is 0 Å². The summed E-state index contributed by atoms with van der Waals surface area (Å²) in [5, 5.41) is 11.1. The topological polar surface area (TPSA) is 78.7 Å². The van der Waals surface area contributed by atoms with Crippen LogP contribution in [0.1, 0.15) is 15.9 Å². The summed E-state index contributed by atoms with van der Waals surface area (Å²) in [6.07, 6.45) is 0.404. The largest absolute Gasteiger partial charge is 0.490 e. The molecule has 0 heterocycles.